The van der Waals surface area contributed by atoms with Crippen molar-refractivity contribution in [3.05, 3.63) is 40.7 Å². The number of aromatic nitrogens is 4. The molecule has 2 N–H and O–H groups in total. The summed E-state index contributed by atoms with van der Waals surface area (Å²) in [4.78, 5) is 29.5. The van der Waals surface area contributed by atoms with Gasteiger partial charge in [0.25, 0.3) is 0 Å². The summed E-state index contributed by atoms with van der Waals surface area (Å²) in [6.45, 7) is 1.50. The molecule has 0 spiro atoms. The molecule has 0 atom stereocenters. The molecule has 2 aromatic heterocycles. The Morgan fingerprint density at radius 3 is 2.82 bits per heavy atom. The zero-order chi connectivity index (χ0) is 15.9. The van der Waals surface area contributed by atoms with Gasteiger partial charge < -0.3 is 10.1 Å². The number of carbonyl (C=O) groups excluding carboxylic acids is 1. The van der Waals surface area contributed by atoms with Crippen molar-refractivity contribution in [3.63, 3.8) is 0 Å². The average molecular weight is 319 g/mol. The second-order valence-electron chi connectivity index (χ2n) is 4.88. The number of hydrogen-bond acceptors (Lipinski definition) is 4. The number of nitrogens with one attached hydrogen (secondary N) is 1. The maximum absolute atomic E-state index is 11.2. The average Bonchev–Trinajstić information content (AvgIpc) is 3.04. The lowest BCUT2D eigenvalue weighted by Gasteiger charge is -2.01. The van der Waals surface area contributed by atoms with Crippen LogP contribution in [0.4, 0.5) is 0 Å². The molecule has 112 valence electrons. The molecule has 0 saturated heterocycles. The fourth-order valence-electron chi connectivity index (χ4n) is 2.12. The minimum absolute atomic E-state index is 0.0131. The van der Waals surface area contributed by atoms with Gasteiger partial charge in [0.1, 0.15) is 5.78 Å². The van der Waals surface area contributed by atoms with E-state index in [-0.39, 0.29) is 17.8 Å². The zero-order valence-corrected chi connectivity index (χ0v) is 12.3. The summed E-state index contributed by atoms with van der Waals surface area (Å²) in [5, 5.41) is 13.3. The fraction of sp³-hybridized carbons (Fsp3) is 0.143. The number of hydrogen-bond donors (Lipinski definition) is 2. The fourth-order valence-corrected chi connectivity index (χ4v) is 2.35. The van der Waals surface area contributed by atoms with Gasteiger partial charge in [-0.25, -0.2) is 14.5 Å². The number of H-pyrrole nitrogens is 1. The number of imidazole rings is 1. The van der Waals surface area contributed by atoms with E-state index in [9.17, 15) is 9.59 Å². The Balaban J connectivity index is 2.05. The van der Waals surface area contributed by atoms with Gasteiger partial charge in [-0.3, -0.25) is 4.79 Å². The van der Waals surface area contributed by atoms with E-state index in [2.05, 4.69) is 15.1 Å². The molecule has 0 amide bonds. The van der Waals surface area contributed by atoms with Gasteiger partial charge in [0.05, 0.1) is 22.8 Å². The lowest BCUT2D eigenvalue weighted by atomic mass is 10.1. The van der Waals surface area contributed by atoms with Crippen LogP contribution in [0.15, 0.2) is 24.5 Å². The first-order valence-corrected chi connectivity index (χ1v) is 6.78. The van der Waals surface area contributed by atoms with Crippen molar-refractivity contribution in [2.75, 3.05) is 0 Å². The highest BCUT2D eigenvalue weighted by atomic mass is 35.5. The van der Waals surface area contributed by atoms with Gasteiger partial charge in [0.2, 0.25) is 5.95 Å². The van der Waals surface area contributed by atoms with Crippen molar-refractivity contribution in [3.8, 4) is 5.95 Å². The molecule has 0 aliphatic heterocycles. The second kappa shape index (κ2) is 5.27. The molecule has 1 aromatic carbocycles. The number of carboxylic acid groups (broad SMARTS) is 1. The lowest BCUT2D eigenvalue weighted by molar-refractivity contribution is -0.116. The highest BCUT2D eigenvalue weighted by Crippen LogP contribution is 2.24. The lowest BCUT2D eigenvalue weighted by Crippen LogP contribution is -1.97. The Hall–Kier alpha value is -2.67. The molecule has 0 fully saturated rings. The van der Waals surface area contributed by atoms with Crippen LogP contribution in [0.3, 0.4) is 0 Å². The number of fused-ring (bicyclic) bond motifs is 1. The first kappa shape index (κ1) is 14.3. The molecule has 0 unspecified atom stereocenters. The highest BCUT2D eigenvalue weighted by Gasteiger charge is 2.12. The van der Waals surface area contributed by atoms with Crippen molar-refractivity contribution in [1.82, 2.24) is 19.7 Å². The molecule has 0 bridgehead atoms. The summed E-state index contributed by atoms with van der Waals surface area (Å²) in [6.07, 6.45) is 2.84. The highest BCUT2D eigenvalue weighted by molar-refractivity contribution is 6.32. The number of aromatic carboxylic acids is 1. The van der Waals surface area contributed by atoms with Gasteiger partial charge in [0, 0.05) is 17.6 Å². The van der Waals surface area contributed by atoms with E-state index < -0.39 is 5.97 Å². The molecule has 0 aliphatic carbocycles. The maximum atomic E-state index is 11.2. The molecular formula is C14H11ClN4O3. The van der Waals surface area contributed by atoms with Gasteiger partial charge >= 0.3 is 5.97 Å². The number of Topliss-reactive ketones (excluding diaryl/α,β-unsaturated/α-hetero) is 1. The normalized spacial score (nSPS) is 11.0. The van der Waals surface area contributed by atoms with Crippen molar-refractivity contribution < 1.29 is 14.7 Å². The molecule has 3 rings (SSSR count). The summed E-state index contributed by atoms with van der Waals surface area (Å²) in [5.41, 5.74) is 2.09. The Labute approximate surface area is 129 Å². The third-order valence-electron chi connectivity index (χ3n) is 3.12. The number of halogens is 1. The minimum atomic E-state index is -1.06. The van der Waals surface area contributed by atoms with Gasteiger partial charge in [-0.2, -0.15) is 5.10 Å². The molecule has 8 heteroatoms. The van der Waals surface area contributed by atoms with Gasteiger partial charge in [-0.1, -0.05) is 11.6 Å². The first-order chi connectivity index (χ1) is 10.4. The standard InChI is InChI=1S/C14H11ClN4O3/c1-7(20)2-8-3-11-12(4-10(8)15)18-14(17-11)19-6-9(5-16-19)13(21)22/h3-6H,2H2,1H3,(H,17,18)(H,21,22). The maximum Gasteiger partial charge on any atom is 0.338 e. The summed E-state index contributed by atoms with van der Waals surface area (Å²) in [7, 11) is 0. The summed E-state index contributed by atoms with van der Waals surface area (Å²) < 4.78 is 1.34. The molecule has 0 saturated carbocycles. The third-order valence-corrected chi connectivity index (χ3v) is 3.48. The molecule has 7 nitrogen and oxygen atoms in total. The summed E-state index contributed by atoms with van der Waals surface area (Å²) in [6, 6.07) is 3.42. The van der Waals surface area contributed by atoms with Crippen LogP contribution in [-0.4, -0.2) is 36.6 Å². The Bertz CT molecular complexity index is 897. The van der Waals surface area contributed by atoms with E-state index in [1.165, 1.54) is 24.0 Å². The van der Waals surface area contributed by atoms with Crippen LogP contribution in [0, 0.1) is 0 Å². The summed E-state index contributed by atoms with van der Waals surface area (Å²) >= 11 is 6.14. The number of ketones is 1. The van der Waals surface area contributed by atoms with Gasteiger partial charge in [-0.05, 0) is 24.6 Å². The van der Waals surface area contributed by atoms with Crippen LogP contribution < -0.4 is 0 Å². The van der Waals surface area contributed by atoms with Gasteiger partial charge in [-0.15, -0.1) is 0 Å². The molecule has 2 heterocycles. The van der Waals surface area contributed by atoms with Crippen LogP contribution in [0.25, 0.3) is 17.0 Å². The number of carboxylic acids is 1. The molecule has 0 aliphatic rings. The van der Waals surface area contributed by atoms with Crippen molar-refractivity contribution in [2.45, 2.75) is 13.3 Å². The first-order valence-electron chi connectivity index (χ1n) is 6.40. The van der Waals surface area contributed by atoms with E-state index in [1.807, 2.05) is 0 Å². The van der Waals surface area contributed by atoms with E-state index in [1.54, 1.807) is 12.1 Å². The number of aromatic amines is 1. The van der Waals surface area contributed by atoms with Gasteiger partial charge in [0.15, 0.2) is 0 Å². The van der Waals surface area contributed by atoms with Crippen LogP contribution >= 0.6 is 11.6 Å². The Morgan fingerprint density at radius 1 is 1.41 bits per heavy atom. The Kier molecular flexibility index (Phi) is 3.42. The second-order valence-corrected chi connectivity index (χ2v) is 5.29. The quantitative estimate of drug-likeness (QED) is 0.768. The number of carbonyl (C=O) groups is 2. The third kappa shape index (κ3) is 2.58. The van der Waals surface area contributed by atoms with Crippen LogP contribution in [-0.2, 0) is 11.2 Å². The van der Waals surface area contributed by atoms with E-state index in [0.29, 0.717) is 27.6 Å². The van der Waals surface area contributed by atoms with Crippen LogP contribution in [0.2, 0.25) is 5.02 Å². The SMILES string of the molecule is CC(=O)Cc1cc2[nH]c(-n3cc(C(=O)O)cn3)nc2cc1Cl. The topological polar surface area (TPSA) is 101 Å². The van der Waals surface area contributed by atoms with E-state index >= 15 is 0 Å². The van der Waals surface area contributed by atoms with Crippen molar-refractivity contribution >= 4 is 34.4 Å². The van der Waals surface area contributed by atoms with E-state index in [4.69, 9.17) is 16.7 Å². The molecule has 0 radical (unpaired) electrons. The smallest absolute Gasteiger partial charge is 0.338 e. The zero-order valence-electron chi connectivity index (χ0n) is 11.5. The van der Waals surface area contributed by atoms with Crippen LogP contribution in [0.5, 0.6) is 0 Å². The Morgan fingerprint density at radius 2 is 2.18 bits per heavy atom. The number of rotatable bonds is 4. The molecule has 22 heavy (non-hydrogen) atoms. The number of nitrogens with zero attached hydrogens (tertiary/aromatic N) is 3. The number of benzene rings is 1. The molecule has 3 aromatic rings. The van der Waals surface area contributed by atoms with Crippen LogP contribution in [0.1, 0.15) is 22.8 Å². The minimum Gasteiger partial charge on any atom is -0.478 e. The predicted molar refractivity (Wildman–Crippen MR) is 79.6 cm³/mol. The predicted octanol–water partition coefficient (Wildman–Crippen LogP) is 2.23. The van der Waals surface area contributed by atoms with Crippen molar-refractivity contribution in [2.24, 2.45) is 0 Å². The summed E-state index contributed by atoms with van der Waals surface area (Å²) in [5.74, 6) is -0.674. The van der Waals surface area contributed by atoms with Crippen molar-refractivity contribution in [1.29, 1.82) is 0 Å². The van der Waals surface area contributed by atoms with E-state index in [0.717, 1.165) is 0 Å². The molecular weight excluding hydrogens is 308 g/mol. The largest absolute Gasteiger partial charge is 0.478 e. The monoisotopic (exact) mass is 318 g/mol.